The Morgan fingerprint density at radius 1 is 1.31 bits per heavy atom. The number of nitro benzene ring substituents is 1. The zero-order valence-corrected chi connectivity index (χ0v) is 18.7. The van der Waals surface area contributed by atoms with Gasteiger partial charge in [0.05, 0.1) is 23.6 Å². The standard InChI is InChI=1S/C23H29NO8/c1-14(2)5-10-18-22(3,32-18)20-19(28-4)17(11-12-23(20)13-29-23)31-21(25)30-16-8-6-15(7-9-16)24(26)27/h5-9,17-20H,10-13H2,1-4H3/t17-,18+,19-,20-,22-,23+/m1/s1. The first-order chi connectivity index (χ1) is 15.2. The predicted octanol–water partition coefficient (Wildman–Crippen LogP) is 4.19. The molecule has 174 valence electrons. The second-order valence-corrected chi connectivity index (χ2v) is 9.14. The molecule has 9 heteroatoms. The van der Waals surface area contributed by atoms with Crippen LogP contribution >= 0.6 is 0 Å². The Morgan fingerprint density at radius 3 is 2.56 bits per heavy atom. The van der Waals surface area contributed by atoms with E-state index in [-0.39, 0.29) is 29.1 Å². The van der Waals surface area contributed by atoms with Gasteiger partial charge >= 0.3 is 6.16 Å². The number of carbonyl (C=O) groups excluding carboxylic acids is 1. The number of non-ortho nitro benzene ring substituents is 1. The number of allylic oxidation sites excluding steroid dienone is 1. The molecular formula is C23H29NO8. The first-order valence-electron chi connectivity index (χ1n) is 10.8. The molecule has 3 aliphatic rings. The minimum Gasteiger partial charge on any atom is -0.428 e. The number of carbonyl (C=O) groups is 1. The molecule has 1 aliphatic carbocycles. The molecule has 2 saturated heterocycles. The molecule has 32 heavy (non-hydrogen) atoms. The molecule has 0 radical (unpaired) electrons. The molecule has 1 aromatic carbocycles. The summed E-state index contributed by atoms with van der Waals surface area (Å²) in [6.45, 7) is 6.84. The van der Waals surface area contributed by atoms with Crippen molar-refractivity contribution in [2.45, 2.75) is 69.5 Å². The van der Waals surface area contributed by atoms with Gasteiger partial charge in [0.1, 0.15) is 29.2 Å². The van der Waals surface area contributed by atoms with Crippen LogP contribution in [0.15, 0.2) is 35.9 Å². The third-order valence-electron chi connectivity index (χ3n) is 6.73. The average molecular weight is 447 g/mol. The lowest BCUT2D eigenvalue weighted by Gasteiger charge is -2.42. The maximum Gasteiger partial charge on any atom is 0.514 e. The summed E-state index contributed by atoms with van der Waals surface area (Å²) in [6, 6.07) is 5.25. The van der Waals surface area contributed by atoms with Crippen LogP contribution in [0, 0.1) is 16.0 Å². The van der Waals surface area contributed by atoms with Crippen LogP contribution in [-0.4, -0.2) is 54.3 Å². The van der Waals surface area contributed by atoms with Crippen LogP contribution in [0.1, 0.15) is 40.0 Å². The van der Waals surface area contributed by atoms with E-state index in [0.29, 0.717) is 13.0 Å². The van der Waals surface area contributed by atoms with Gasteiger partial charge in [-0.15, -0.1) is 0 Å². The molecule has 2 heterocycles. The first kappa shape index (κ1) is 22.7. The monoisotopic (exact) mass is 447 g/mol. The Balaban J connectivity index is 1.44. The molecule has 0 amide bonds. The van der Waals surface area contributed by atoms with Crippen molar-refractivity contribution in [1.29, 1.82) is 0 Å². The van der Waals surface area contributed by atoms with E-state index in [2.05, 4.69) is 26.8 Å². The number of hydrogen-bond donors (Lipinski definition) is 0. The molecule has 9 nitrogen and oxygen atoms in total. The van der Waals surface area contributed by atoms with Gasteiger partial charge in [0.25, 0.3) is 5.69 Å². The fourth-order valence-electron chi connectivity index (χ4n) is 4.95. The van der Waals surface area contributed by atoms with E-state index in [1.807, 2.05) is 0 Å². The lowest BCUT2D eigenvalue weighted by Crippen LogP contribution is -2.55. The molecule has 3 fully saturated rings. The molecule has 1 aromatic rings. The molecule has 0 aromatic heterocycles. The highest BCUT2D eigenvalue weighted by atomic mass is 16.7. The highest BCUT2D eigenvalue weighted by molar-refractivity contribution is 5.64. The minimum absolute atomic E-state index is 0.0620. The molecule has 6 atom stereocenters. The summed E-state index contributed by atoms with van der Waals surface area (Å²) in [5.74, 6) is 0.0877. The molecule has 0 bridgehead atoms. The van der Waals surface area contributed by atoms with Crippen LogP contribution in [0.2, 0.25) is 0 Å². The van der Waals surface area contributed by atoms with Crippen molar-refractivity contribution in [3.8, 4) is 5.75 Å². The van der Waals surface area contributed by atoms with E-state index in [1.54, 1.807) is 7.11 Å². The topological polar surface area (TPSA) is 113 Å². The van der Waals surface area contributed by atoms with Crippen molar-refractivity contribution >= 4 is 11.8 Å². The Labute approximate surface area is 186 Å². The van der Waals surface area contributed by atoms with Gasteiger partial charge in [0.2, 0.25) is 0 Å². The van der Waals surface area contributed by atoms with Gasteiger partial charge in [0.15, 0.2) is 0 Å². The van der Waals surface area contributed by atoms with Crippen molar-refractivity contribution in [3.63, 3.8) is 0 Å². The number of nitro groups is 1. The van der Waals surface area contributed by atoms with E-state index >= 15 is 0 Å². The fraction of sp³-hybridized carbons (Fsp3) is 0.609. The van der Waals surface area contributed by atoms with Crippen LogP contribution < -0.4 is 4.74 Å². The van der Waals surface area contributed by atoms with Gasteiger partial charge in [-0.1, -0.05) is 11.6 Å². The fourth-order valence-corrected chi connectivity index (χ4v) is 4.95. The van der Waals surface area contributed by atoms with Crippen LogP contribution in [-0.2, 0) is 18.9 Å². The maximum atomic E-state index is 12.4. The zero-order chi connectivity index (χ0) is 23.1. The number of methoxy groups -OCH3 is 1. The predicted molar refractivity (Wildman–Crippen MR) is 114 cm³/mol. The SMILES string of the molecule is CO[C@@H]1[C@H](OC(=O)Oc2ccc([N+](=O)[O-])cc2)CC[C@]2(CO2)[C@H]1[C@]1(C)O[C@H]1CC=C(C)C. The van der Waals surface area contributed by atoms with E-state index in [4.69, 9.17) is 23.7 Å². The molecular weight excluding hydrogens is 418 g/mol. The normalized spacial score (nSPS) is 35.1. The number of benzene rings is 1. The summed E-state index contributed by atoms with van der Waals surface area (Å²) in [6.07, 6.45) is 2.56. The zero-order valence-electron chi connectivity index (χ0n) is 18.7. The van der Waals surface area contributed by atoms with Crippen molar-refractivity contribution in [3.05, 3.63) is 46.0 Å². The maximum absolute atomic E-state index is 12.4. The molecule has 0 N–H and O–H groups in total. The number of hydrogen-bond acceptors (Lipinski definition) is 8. The second kappa shape index (κ2) is 8.46. The third-order valence-corrected chi connectivity index (χ3v) is 6.73. The Kier molecular flexibility index (Phi) is 6.00. The smallest absolute Gasteiger partial charge is 0.428 e. The minimum atomic E-state index is -0.875. The van der Waals surface area contributed by atoms with Crippen LogP contribution in [0.25, 0.3) is 0 Å². The van der Waals surface area contributed by atoms with Crippen molar-refractivity contribution in [1.82, 2.24) is 0 Å². The van der Waals surface area contributed by atoms with Gasteiger partial charge in [-0.25, -0.2) is 4.79 Å². The highest BCUT2D eigenvalue weighted by Crippen LogP contribution is 2.59. The van der Waals surface area contributed by atoms with Crippen LogP contribution in [0.3, 0.4) is 0 Å². The molecule has 0 unspecified atom stereocenters. The molecule has 1 saturated carbocycles. The number of nitrogens with zero attached hydrogens (tertiary/aromatic N) is 1. The van der Waals surface area contributed by atoms with Crippen molar-refractivity contribution in [2.24, 2.45) is 5.92 Å². The van der Waals surface area contributed by atoms with E-state index in [9.17, 15) is 14.9 Å². The van der Waals surface area contributed by atoms with Crippen molar-refractivity contribution < 1.29 is 33.4 Å². The number of epoxide rings is 2. The summed E-state index contributed by atoms with van der Waals surface area (Å²) < 4.78 is 28.8. The Bertz CT molecular complexity index is 905. The largest absolute Gasteiger partial charge is 0.514 e. The van der Waals surface area contributed by atoms with Crippen LogP contribution in [0.5, 0.6) is 5.75 Å². The molecule has 4 rings (SSSR count). The van der Waals surface area contributed by atoms with Gasteiger partial charge in [-0.05, 0) is 52.2 Å². The lowest BCUT2D eigenvalue weighted by molar-refractivity contribution is -0.384. The van der Waals surface area contributed by atoms with E-state index in [1.165, 1.54) is 29.8 Å². The summed E-state index contributed by atoms with van der Waals surface area (Å²) in [7, 11) is 1.61. The summed E-state index contributed by atoms with van der Waals surface area (Å²) in [4.78, 5) is 22.7. The third kappa shape index (κ3) is 4.37. The summed E-state index contributed by atoms with van der Waals surface area (Å²) in [5, 5.41) is 10.8. The summed E-state index contributed by atoms with van der Waals surface area (Å²) >= 11 is 0. The van der Waals surface area contributed by atoms with Crippen molar-refractivity contribution in [2.75, 3.05) is 13.7 Å². The second-order valence-electron chi connectivity index (χ2n) is 9.14. The number of rotatable bonds is 7. The Morgan fingerprint density at radius 2 is 2.00 bits per heavy atom. The molecule has 2 aliphatic heterocycles. The lowest BCUT2D eigenvalue weighted by atomic mass is 9.68. The van der Waals surface area contributed by atoms with Gasteiger partial charge in [-0.2, -0.15) is 0 Å². The van der Waals surface area contributed by atoms with Gasteiger partial charge < -0.3 is 23.7 Å². The quantitative estimate of drug-likeness (QED) is 0.153. The average Bonchev–Trinajstić information content (AvgIpc) is 3.65. The summed E-state index contributed by atoms with van der Waals surface area (Å²) in [5.41, 5.74) is 0.419. The number of ether oxygens (including phenoxy) is 5. The molecule has 1 spiro atoms. The van der Waals surface area contributed by atoms with Gasteiger partial charge in [-0.3, -0.25) is 10.1 Å². The van der Waals surface area contributed by atoms with Crippen LogP contribution in [0.4, 0.5) is 10.5 Å². The van der Waals surface area contributed by atoms with E-state index in [0.717, 1.165) is 12.8 Å². The Hall–Kier alpha value is -2.49. The first-order valence-corrected chi connectivity index (χ1v) is 10.8. The van der Waals surface area contributed by atoms with E-state index < -0.39 is 28.9 Å². The highest BCUT2D eigenvalue weighted by Gasteiger charge is 2.72. The van der Waals surface area contributed by atoms with Gasteiger partial charge in [0, 0.05) is 19.2 Å².